The van der Waals surface area contributed by atoms with Crippen LogP contribution in [0, 0.1) is 6.92 Å². The zero-order chi connectivity index (χ0) is 11.5. The molecular formula is C12H17O3. The predicted octanol–water partition coefficient (Wildman–Crippen LogP) is 2.68. The zero-order valence-electron chi connectivity index (χ0n) is 9.41. The number of rotatable bonds is 4. The average Bonchev–Trinajstić information content (AvgIpc) is 2.09. The van der Waals surface area contributed by atoms with Gasteiger partial charge in [-0.15, -0.1) is 0 Å². The Labute approximate surface area is 90.3 Å². The lowest BCUT2D eigenvalue weighted by molar-refractivity contribution is 0.0553. The summed E-state index contributed by atoms with van der Waals surface area (Å²) in [5, 5.41) is 20.6. The molecule has 0 heterocycles. The molecule has 1 radical (unpaired) electrons. The molecule has 3 nitrogen and oxygen atoms in total. The first-order chi connectivity index (χ1) is 6.88. The first kappa shape index (κ1) is 11.9. The second-order valence-corrected chi connectivity index (χ2v) is 4.34. The number of hydrogen-bond donors (Lipinski definition) is 1. The highest BCUT2D eigenvalue weighted by atomic mass is 16.5. The van der Waals surface area contributed by atoms with E-state index in [1.54, 1.807) is 32.9 Å². The summed E-state index contributed by atoms with van der Waals surface area (Å²) >= 11 is 0. The van der Waals surface area contributed by atoms with Gasteiger partial charge in [0.15, 0.2) is 5.75 Å². The van der Waals surface area contributed by atoms with Crippen molar-refractivity contribution >= 4 is 0 Å². The van der Waals surface area contributed by atoms with Crippen LogP contribution in [0.1, 0.15) is 25.8 Å². The second-order valence-electron chi connectivity index (χ2n) is 4.34. The number of ether oxygens (including phenoxy) is 1. The molecule has 83 valence electrons. The van der Waals surface area contributed by atoms with Crippen LogP contribution in [0.2, 0.25) is 0 Å². The Hall–Kier alpha value is -1.22. The van der Waals surface area contributed by atoms with E-state index in [9.17, 15) is 10.2 Å². The van der Waals surface area contributed by atoms with E-state index in [-0.39, 0.29) is 5.75 Å². The molecule has 1 rings (SSSR count). The Bertz CT molecular complexity index is 326. The molecule has 1 N–H and O–H groups in total. The minimum Gasteiger partial charge on any atom is -0.493 e. The van der Waals surface area contributed by atoms with E-state index in [1.807, 2.05) is 0 Å². The smallest absolute Gasteiger partial charge is 0.181 e. The van der Waals surface area contributed by atoms with Crippen LogP contribution in [-0.2, 0) is 5.11 Å². The maximum absolute atomic E-state index is 11.1. The minimum absolute atomic E-state index is 0.0184. The lowest BCUT2D eigenvalue weighted by Gasteiger charge is -2.17. The molecule has 1 aromatic rings. The zero-order valence-corrected chi connectivity index (χ0v) is 9.41. The van der Waals surface area contributed by atoms with Gasteiger partial charge in [0.05, 0.1) is 12.2 Å². The van der Waals surface area contributed by atoms with Gasteiger partial charge in [-0.05, 0) is 39.0 Å². The normalized spacial score (nSPS) is 11.5. The lowest BCUT2D eigenvalue weighted by Crippen LogP contribution is -2.21. The summed E-state index contributed by atoms with van der Waals surface area (Å²) in [6, 6.07) is 4.86. The predicted molar refractivity (Wildman–Crippen MR) is 57.7 cm³/mol. The summed E-state index contributed by atoms with van der Waals surface area (Å²) in [6.07, 6.45) is 0.561. The highest BCUT2D eigenvalue weighted by Crippen LogP contribution is 2.22. The van der Waals surface area contributed by atoms with Crippen molar-refractivity contribution < 1.29 is 14.9 Å². The maximum Gasteiger partial charge on any atom is 0.181 e. The van der Waals surface area contributed by atoms with Gasteiger partial charge in [-0.2, -0.15) is 0 Å². The molecule has 0 unspecified atom stereocenters. The molecule has 0 atom stereocenters. The van der Waals surface area contributed by atoms with Crippen LogP contribution >= 0.6 is 0 Å². The number of benzene rings is 1. The summed E-state index contributed by atoms with van der Waals surface area (Å²) in [4.78, 5) is 0. The largest absolute Gasteiger partial charge is 0.493 e. The van der Waals surface area contributed by atoms with Crippen molar-refractivity contribution in [2.75, 3.05) is 6.61 Å². The molecule has 0 aliphatic carbocycles. The first-order valence-electron chi connectivity index (χ1n) is 5.01. The summed E-state index contributed by atoms with van der Waals surface area (Å²) in [5.74, 6) is 0.696. The Morgan fingerprint density at radius 3 is 2.60 bits per heavy atom. The molecule has 0 amide bonds. The van der Waals surface area contributed by atoms with Crippen molar-refractivity contribution in [3.63, 3.8) is 0 Å². The van der Waals surface area contributed by atoms with Crippen molar-refractivity contribution in [1.29, 1.82) is 0 Å². The highest BCUT2D eigenvalue weighted by molar-refractivity contribution is 5.37. The van der Waals surface area contributed by atoms with Crippen LogP contribution < -0.4 is 4.74 Å². The van der Waals surface area contributed by atoms with E-state index >= 15 is 0 Å². The van der Waals surface area contributed by atoms with Crippen LogP contribution in [-0.4, -0.2) is 17.3 Å². The van der Waals surface area contributed by atoms with E-state index in [0.717, 1.165) is 0 Å². The van der Waals surface area contributed by atoms with Crippen LogP contribution in [0.3, 0.4) is 0 Å². The standard InChI is InChI=1S/C12H17O3/c1-9-8-10(4-5-11(9)13)15-7-6-12(2,3)14/h4-5,8,14H,6-7H2,1-3H3. The summed E-state index contributed by atoms with van der Waals surface area (Å²) in [6.45, 7) is 5.68. The molecule has 0 spiro atoms. The Morgan fingerprint density at radius 1 is 1.40 bits per heavy atom. The number of hydrogen-bond acceptors (Lipinski definition) is 2. The fourth-order valence-corrected chi connectivity index (χ4v) is 1.13. The van der Waals surface area contributed by atoms with Crippen LogP contribution in [0.15, 0.2) is 18.2 Å². The molecule has 0 saturated carbocycles. The van der Waals surface area contributed by atoms with Gasteiger partial charge in [-0.3, -0.25) is 5.11 Å². The molecule has 3 heteroatoms. The molecule has 0 aromatic heterocycles. The quantitative estimate of drug-likeness (QED) is 0.828. The Morgan fingerprint density at radius 2 is 2.07 bits per heavy atom. The van der Waals surface area contributed by atoms with Gasteiger partial charge in [-0.25, -0.2) is 0 Å². The SMILES string of the molecule is Cc1cc(OCCC(C)(C)O)ccc1[O]. The van der Waals surface area contributed by atoms with Crippen molar-refractivity contribution in [2.24, 2.45) is 0 Å². The van der Waals surface area contributed by atoms with Crippen molar-refractivity contribution in [1.82, 2.24) is 0 Å². The fraction of sp³-hybridized carbons (Fsp3) is 0.500. The molecule has 0 fully saturated rings. The van der Waals surface area contributed by atoms with Crippen LogP contribution in [0.25, 0.3) is 0 Å². The van der Waals surface area contributed by atoms with Gasteiger partial charge < -0.3 is 9.84 Å². The van der Waals surface area contributed by atoms with E-state index < -0.39 is 5.60 Å². The molecule has 0 saturated heterocycles. The molecule has 0 aliphatic rings. The highest BCUT2D eigenvalue weighted by Gasteiger charge is 2.12. The van der Waals surface area contributed by atoms with Gasteiger partial charge >= 0.3 is 0 Å². The molecule has 0 bridgehead atoms. The summed E-state index contributed by atoms with van der Waals surface area (Å²) < 4.78 is 5.42. The molecular weight excluding hydrogens is 192 g/mol. The monoisotopic (exact) mass is 209 g/mol. The van der Waals surface area contributed by atoms with Gasteiger partial charge in [0, 0.05) is 12.0 Å². The summed E-state index contributed by atoms with van der Waals surface area (Å²) in [7, 11) is 0. The molecule has 0 aliphatic heterocycles. The maximum atomic E-state index is 11.1. The Kier molecular flexibility index (Phi) is 3.58. The van der Waals surface area contributed by atoms with Gasteiger partial charge in [0.25, 0.3) is 0 Å². The third kappa shape index (κ3) is 4.21. The van der Waals surface area contributed by atoms with E-state index in [0.29, 0.717) is 24.3 Å². The number of aryl methyl sites for hydroxylation is 1. The fourth-order valence-electron chi connectivity index (χ4n) is 1.13. The van der Waals surface area contributed by atoms with Gasteiger partial charge in [0.1, 0.15) is 5.75 Å². The van der Waals surface area contributed by atoms with Gasteiger partial charge in [-0.1, -0.05) is 0 Å². The average molecular weight is 209 g/mol. The molecule has 1 aromatic carbocycles. The minimum atomic E-state index is -0.715. The van der Waals surface area contributed by atoms with E-state index in [1.165, 1.54) is 6.07 Å². The van der Waals surface area contributed by atoms with Gasteiger partial charge in [0.2, 0.25) is 0 Å². The van der Waals surface area contributed by atoms with Crippen molar-refractivity contribution in [3.05, 3.63) is 23.8 Å². The van der Waals surface area contributed by atoms with Crippen LogP contribution in [0.4, 0.5) is 0 Å². The number of aliphatic hydroxyl groups is 1. The molecule has 15 heavy (non-hydrogen) atoms. The third-order valence-electron chi connectivity index (χ3n) is 2.13. The third-order valence-corrected chi connectivity index (χ3v) is 2.13. The van der Waals surface area contributed by atoms with Crippen molar-refractivity contribution in [3.8, 4) is 11.5 Å². The van der Waals surface area contributed by atoms with Crippen LogP contribution in [0.5, 0.6) is 11.5 Å². The first-order valence-corrected chi connectivity index (χ1v) is 5.01. The van der Waals surface area contributed by atoms with E-state index in [2.05, 4.69) is 0 Å². The van der Waals surface area contributed by atoms with E-state index in [4.69, 9.17) is 4.74 Å². The topological polar surface area (TPSA) is 49.4 Å². The van der Waals surface area contributed by atoms with Crippen molar-refractivity contribution in [2.45, 2.75) is 32.8 Å². The second kappa shape index (κ2) is 4.53. The summed E-state index contributed by atoms with van der Waals surface area (Å²) in [5.41, 5.74) is -0.0381. The Balaban J connectivity index is 2.48. The lowest BCUT2D eigenvalue weighted by atomic mass is 10.1.